The molecular formula is C16H17N3S. The molecule has 3 aromatic rings. The maximum Gasteiger partial charge on any atom is 0.109 e. The Labute approximate surface area is 122 Å². The number of anilines is 1. The minimum Gasteiger partial charge on any atom is -0.398 e. The quantitative estimate of drug-likeness (QED) is 0.717. The van der Waals surface area contributed by atoms with Crippen LogP contribution >= 0.6 is 11.3 Å². The summed E-state index contributed by atoms with van der Waals surface area (Å²) >= 11 is 1.67. The van der Waals surface area contributed by atoms with Crippen LogP contribution in [0.1, 0.15) is 23.5 Å². The van der Waals surface area contributed by atoms with Gasteiger partial charge in [0, 0.05) is 23.8 Å². The molecule has 1 heterocycles. The molecule has 1 unspecified atom stereocenters. The first-order chi connectivity index (χ1) is 9.74. The summed E-state index contributed by atoms with van der Waals surface area (Å²) in [4.78, 5) is 4.33. The summed E-state index contributed by atoms with van der Waals surface area (Å²) in [5.74, 6) is 0. The zero-order valence-electron chi connectivity index (χ0n) is 11.3. The lowest BCUT2D eigenvalue weighted by Gasteiger charge is -2.13. The van der Waals surface area contributed by atoms with E-state index in [0.717, 1.165) is 22.8 Å². The number of nitrogen functional groups attached to an aromatic ring is 1. The van der Waals surface area contributed by atoms with E-state index in [1.165, 1.54) is 10.8 Å². The molecule has 0 spiro atoms. The molecule has 0 saturated carbocycles. The number of rotatable bonds is 4. The van der Waals surface area contributed by atoms with E-state index in [1.807, 2.05) is 29.8 Å². The zero-order valence-corrected chi connectivity index (χ0v) is 12.2. The van der Waals surface area contributed by atoms with Crippen LogP contribution < -0.4 is 11.1 Å². The first kappa shape index (κ1) is 13.1. The summed E-state index contributed by atoms with van der Waals surface area (Å²) in [6.45, 7) is 2.87. The summed E-state index contributed by atoms with van der Waals surface area (Å²) in [5, 5.41) is 8.98. The monoisotopic (exact) mass is 283 g/mol. The van der Waals surface area contributed by atoms with Crippen molar-refractivity contribution in [3.05, 3.63) is 58.5 Å². The second-order valence-corrected chi connectivity index (χ2v) is 5.80. The molecule has 4 heteroatoms. The molecule has 0 aliphatic heterocycles. The maximum atomic E-state index is 6.14. The Bertz CT molecular complexity index is 707. The van der Waals surface area contributed by atoms with Gasteiger partial charge < -0.3 is 11.1 Å². The lowest BCUT2D eigenvalue weighted by Crippen LogP contribution is -2.18. The van der Waals surface area contributed by atoms with Crippen molar-refractivity contribution in [2.24, 2.45) is 0 Å². The van der Waals surface area contributed by atoms with Crippen LogP contribution in [0.2, 0.25) is 0 Å². The third kappa shape index (κ3) is 2.66. The van der Waals surface area contributed by atoms with Crippen LogP contribution in [0.4, 0.5) is 5.69 Å². The standard InChI is InChI=1S/C16H17N3S/c1-11(16-18-6-7-20-16)19-10-14-8-12-4-2-3-5-13(12)9-15(14)17/h2-9,11,19H,10,17H2,1H3. The van der Waals surface area contributed by atoms with E-state index >= 15 is 0 Å². The van der Waals surface area contributed by atoms with Crippen molar-refractivity contribution in [3.8, 4) is 0 Å². The van der Waals surface area contributed by atoms with E-state index in [9.17, 15) is 0 Å². The molecule has 3 nitrogen and oxygen atoms in total. The molecule has 0 radical (unpaired) electrons. The Morgan fingerprint density at radius 1 is 1.25 bits per heavy atom. The Kier molecular flexibility index (Phi) is 3.67. The fourth-order valence-electron chi connectivity index (χ4n) is 2.26. The second-order valence-electron chi connectivity index (χ2n) is 4.87. The molecule has 3 rings (SSSR count). The molecule has 0 bridgehead atoms. The van der Waals surface area contributed by atoms with Crippen LogP contribution in [-0.4, -0.2) is 4.98 Å². The van der Waals surface area contributed by atoms with Crippen LogP contribution in [0.5, 0.6) is 0 Å². The molecule has 0 aliphatic carbocycles. The number of fused-ring (bicyclic) bond motifs is 1. The summed E-state index contributed by atoms with van der Waals surface area (Å²) in [7, 11) is 0. The highest BCUT2D eigenvalue weighted by Gasteiger charge is 2.08. The lowest BCUT2D eigenvalue weighted by atomic mass is 10.0. The molecule has 0 amide bonds. The largest absolute Gasteiger partial charge is 0.398 e. The van der Waals surface area contributed by atoms with Crippen LogP contribution in [0.25, 0.3) is 10.8 Å². The number of nitrogens with two attached hydrogens (primary N) is 1. The zero-order chi connectivity index (χ0) is 13.9. The molecule has 20 heavy (non-hydrogen) atoms. The predicted molar refractivity (Wildman–Crippen MR) is 85.7 cm³/mol. The molecule has 102 valence electrons. The highest BCUT2D eigenvalue weighted by atomic mass is 32.1. The molecule has 0 fully saturated rings. The second kappa shape index (κ2) is 5.61. The van der Waals surface area contributed by atoms with Gasteiger partial charge in [-0.3, -0.25) is 0 Å². The summed E-state index contributed by atoms with van der Waals surface area (Å²) in [6, 6.07) is 12.7. The van der Waals surface area contributed by atoms with Crippen molar-refractivity contribution in [2.75, 3.05) is 5.73 Å². The average Bonchev–Trinajstić information content (AvgIpc) is 2.99. The van der Waals surface area contributed by atoms with Gasteiger partial charge in [-0.1, -0.05) is 24.3 Å². The van der Waals surface area contributed by atoms with E-state index < -0.39 is 0 Å². The molecule has 0 saturated heterocycles. The van der Waals surface area contributed by atoms with Crippen molar-refractivity contribution in [3.63, 3.8) is 0 Å². The number of nitrogens with one attached hydrogen (secondary N) is 1. The molecule has 1 aromatic heterocycles. The Balaban J connectivity index is 1.79. The van der Waals surface area contributed by atoms with Gasteiger partial charge in [-0.05, 0) is 35.4 Å². The van der Waals surface area contributed by atoms with Crippen LogP contribution in [-0.2, 0) is 6.54 Å². The highest BCUT2D eigenvalue weighted by Crippen LogP contribution is 2.23. The number of hydrogen-bond donors (Lipinski definition) is 2. The molecule has 3 N–H and O–H groups in total. The van der Waals surface area contributed by atoms with Gasteiger partial charge in [0.2, 0.25) is 0 Å². The van der Waals surface area contributed by atoms with Gasteiger partial charge in [0.05, 0.1) is 6.04 Å². The van der Waals surface area contributed by atoms with Gasteiger partial charge in [0.1, 0.15) is 5.01 Å². The van der Waals surface area contributed by atoms with Gasteiger partial charge in [-0.15, -0.1) is 11.3 Å². The topological polar surface area (TPSA) is 50.9 Å². The van der Waals surface area contributed by atoms with Crippen molar-refractivity contribution in [1.82, 2.24) is 10.3 Å². The molecule has 1 atom stereocenters. The van der Waals surface area contributed by atoms with Gasteiger partial charge in [0.15, 0.2) is 0 Å². The fourth-order valence-corrected chi connectivity index (χ4v) is 2.93. The minimum atomic E-state index is 0.237. The van der Waals surface area contributed by atoms with Crippen LogP contribution in [0.15, 0.2) is 48.0 Å². The Morgan fingerprint density at radius 2 is 2.00 bits per heavy atom. The van der Waals surface area contributed by atoms with E-state index in [4.69, 9.17) is 5.73 Å². The van der Waals surface area contributed by atoms with Crippen molar-refractivity contribution in [2.45, 2.75) is 19.5 Å². The summed E-state index contributed by atoms with van der Waals surface area (Å²) < 4.78 is 0. The number of aromatic nitrogens is 1. The first-order valence-corrected chi connectivity index (χ1v) is 7.52. The molecule has 2 aromatic carbocycles. The smallest absolute Gasteiger partial charge is 0.109 e. The van der Waals surface area contributed by atoms with Gasteiger partial charge in [-0.2, -0.15) is 0 Å². The average molecular weight is 283 g/mol. The fraction of sp³-hybridized carbons (Fsp3) is 0.188. The Morgan fingerprint density at radius 3 is 2.70 bits per heavy atom. The SMILES string of the molecule is CC(NCc1cc2ccccc2cc1N)c1nccs1. The summed E-state index contributed by atoms with van der Waals surface area (Å²) in [5.41, 5.74) is 8.11. The van der Waals surface area contributed by atoms with E-state index in [-0.39, 0.29) is 6.04 Å². The number of hydrogen-bond acceptors (Lipinski definition) is 4. The van der Waals surface area contributed by atoms with Gasteiger partial charge in [0.25, 0.3) is 0 Å². The number of thiazole rings is 1. The third-order valence-electron chi connectivity index (χ3n) is 3.43. The first-order valence-electron chi connectivity index (χ1n) is 6.64. The molecular weight excluding hydrogens is 266 g/mol. The van der Waals surface area contributed by atoms with Crippen molar-refractivity contribution >= 4 is 27.8 Å². The Hall–Kier alpha value is -1.91. The van der Waals surface area contributed by atoms with Crippen molar-refractivity contribution < 1.29 is 0 Å². The third-order valence-corrected chi connectivity index (χ3v) is 4.39. The van der Waals surface area contributed by atoms with E-state index in [0.29, 0.717) is 0 Å². The van der Waals surface area contributed by atoms with Gasteiger partial charge in [-0.25, -0.2) is 4.98 Å². The summed E-state index contributed by atoms with van der Waals surface area (Å²) in [6.07, 6.45) is 1.84. The maximum absolute atomic E-state index is 6.14. The van der Waals surface area contributed by atoms with E-state index in [1.54, 1.807) is 11.3 Å². The van der Waals surface area contributed by atoms with E-state index in [2.05, 4.69) is 35.4 Å². The van der Waals surface area contributed by atoms with Crippen LogP contribution in [0, 0.1) is 0 Å². The number of benzene rings is 2. The van der Waals surface area contributed by atoms with Crippen LogP contribution in [0.3, 0.4) is 0 Å². The normalized spacial score (nSPS) is 12.7. The molecule has 0 aliphatic rings. The predicted octanol–water partition coefficient (Wildman–Crippen LogP) is 3.73. The highest BCUT2D eigenvalue weighted by molar-refractivity contribution is 7.09. The number of nitrogens with zero attached hydrogens (tertiary/aromatic N) is 1. The van der Waals surface area contributed by atoms with Gasteiger partial charge >= 0.3 is 0 Å². The minimum absolute atomic E-state index is 0.237. The van der Waals surface area contributed by atoms with Crippen molar-refractivity contribution in [1.29, 1.82) is 0 Å². The lowest BCUT2D eigenvalue weighted by molar-refractivity contribution is 0.573.